The average molecular weight is 253 g/mol. The molecular formula is C12H23N5O. The summed E-state index contributed by atoms with van der Waals surface area (Å²) >= 11 is 0. The Bertz CT molecular complexity index is 361. The van der Waals surface area contributed by atoms with Gasteiger partial charge in [0, 0.05) is 14.2 Å². The Hall–Kier alpha value is -0.980. The Labute approximate surface area is 108 Å². The van der Waals surface area contributed by atoms with E-state index in [9.17, 15) is 0 Å². The Morgan fingerprint density at radius 2 is 2.17 bits per heavy atom. The monoisotopic (exact) mass is 253 g/mol. The molecule has 1 aliphatic rings. The molecule has 6 nitrogen and oxygen atoms in total. The maximum atomic E-state index is 5.72. The highest BCUT2D eigenvalue weighted by molar-refractivity contribution is 5.05. The summed E-state index contributed by atoms with van der Waals surface area (Å²) in [7, 11) is 3.63. The number of ether oxygens (including phenoxy) is 1. The second-order valence-corrected chi connectivity index (χ2v) is 5.03. The van der Waals surface area contributed by atoms with Crippen molar-refractivity contribution in [3.05, 3.63) is 11.9 Å². The van der Waals surface area contributed by atoms with Gasteiger partial charge in [0.2, 0.25) is 0 Å². The zero-order chi connectivity index (χ0) is 13.0. The normalized spacial score (nSPS) is 20.8. The summed E-state index contributed by atoms with van der Waals surface area (Å²) in [5.41, 5.74) is 3.84. The smallest absolute Gasteiger partial charge is 0.0909 e. The van der Waals surface area contributed by atoms with Crippen molar-refractivity contribution < 1.29 is 4.74 Å². The van der Waals surface area contributed by atoms with Gasteiger partial charge in [-0.2, -0.15) is 0 Å². The highest BCUT2D eigenvalue weighted by Gasteiger charge is 2.32. The van der Waals surface area contributed by atoms with E-state index in [0.29, 0.717) is 5.92 Å². The van der Waals surface area contributed by atoms with Gasteiger partial charge < -0.3 is 4.74 Å². The van der Waals surface area contributed by atoms with Crippen molar-refractivity contribution in [1.29, 1.82) is 0 Å². The summed E-state index contributed by atoms with van der Waals surface area (Å²) in [6, 6.07) is -0.0573. The molecule has 0 aromatic carbocycles. The summed E-state index contributed by atoms with van der Waals surface area (Å²) < 4.78 is 7.46. The molecule has 2 atom stereocenters. The van der Waals surface area contributed by atoms with Crippen LogP contribution in [0.3, 0.4) is 0 Å². The number of methoxy groups -OCH3 is 1. The van der Waals surface area contributed by atoms with Crippen LogP contribution < -0.4 is 11.3 Å². The van der Waals surface area contributed by atoms with Crippen LogP contribution in [0.2, 0.25) is 0 Å². The van der Waals surface area contributed by atoms with E-state index >= 15 is 0 Å². The van der Waals surface area contributed by atoms with Crippen LogP contribution in [0, 0.1) is 5.92 Å². The molecule has 0 saturated heterocycles. The minimum Gasteiger partial charge on any atom is -0.379 e. The van der Waals surface area contributed by atoms with E-state index in [-0.39, 0.29) is 12.1 Å². The minimum atomic E-state index is -0.0573. The van der Waals surface area contributed by atoms with Gasteiger partial charge >= 0.3 is 0 Å². The summed E-state index contributed by atoms with van der Waals surface area (Å²) in [5.74, 6) is 6.27. The standard InChI is InChI=1S/C12H23N5O/c1-17-10(8-14-16-17)11(15-13)12(18-2)9-6-4-3-5-7-9/h8-9,11-12,15H,3-7,13H2,1-2H3. The van der Waals surface area contributed by atoms with Crippen LogP contribution in [-0.4, -0.2) is 28.2 Å². The summed E-state index contributed by atoms with van der Waals surface area (Å²) in [6.45, 7) is 0. The molecule has 18 heavy (non-hydrogen) atoms. The lowest BCUT2D eigenvalue weighted by molar-refractivity contribution is 0.00554. The van der Waals surface area contributed by atoms with E-state index < -0.39 is 0 Å². The molecule has 6 heteroatoms. The van der Waals surface area contributed by atoms with Crippen molar-refractivity contribution in [1.82, 2.24) is 20.4 Å². The molecule has 3 N–H and O–H groups in total. The SMILES string of the molecule is COC(C1CCCCC1)C(NN)c1cnnn1C. The predicted molar refractivity (Wildman–Crippen MR) is 68.4 cm³/mol. The van der Waals surface area contributed by atoms with E-state index in [4.69, 9.17) is 10.6 Å². The molecule has 1 aromatic rings. The summed E-state index contributed by atoms with van der Waals surface area (Å²) in [4.78, 5) is 0. The first kappa shape index (κ1) is 13.5. The van der Waals surface area contributed by atoms with Crippen molar-refractivity contribution in [3.8, 4) is 0 Å². The van der Waals surface area contributed by atoms with Gasteiger partial charge in [-0.15, -0.1) is 5.10 Å². The van der Waals surface area contributed by atoms with Crippen molar-refractivity contribution in [2.75, 3.05) is 7.11 Å². The molecule has 0 spiro atoms. The largest absolute Gasteiger partial charge is 0.379 e. The van der Waals surface area contributed by atoms with E-state index in [1.165, 1.54) is 32.1 Å². The molecule has 0 bridgehead atoms. The van der Waals surface area contributed by atoms with Gasteiger partial charge in [-0.05, 0) is 18.8 Å². The van der Waals surface area contributed by atoms with E-state index in [1.54, 1.807) is 18.0 Å². The quantitative estimate of drug-likeness (QED) is 0.602. The maximum absolute atomic E-state index is 5.72. The van der Waals surface area contributed by atoms with Gasteiger partial charge in [-0.3, -0.25) is 10.5 Å². The molecule has 2 unspecified atom stereocenters. The average Bonchev–Trinajstić information content (AvgIpc) is 2.83. The summed E-state index contributed by atoms with van der Waals surface area (Å²) in [5, 5.41) is 7.88. The Morgan fingerprint density at radius 3 is 2.67 bits per heavy atom. The number of hydrazine groups is 1. The molecule has 2 rings (SSSR count). The molecule has 0 amide bonds. The van der Waals surface area contributed by atoms with Crippen molar-refractivity contribution >= 4 is 0 Å². The van der Waals surface area contributed by atoms with Crippen molar-refractivity contribution in [3.63, 3.8) is 0 Å². The molecule has 102 valence electrons. The van der Waals surface area contributed by atoms with Crippen LogP contribution in [0.1, 0.15) is 43.8 Å². The van der Waals surface area contributed by atoms with Gasteiger partial charge in [0.05, 0.1) is 24.0 Å². The predicted octanol–water partition coefficient (Wildman–Crippen LogP) is 0.915. The van der Waals surface area contributed by atoms with Gasteiger partial charge in [-0.25, -0.2) is 5.43 Å². The lowest BCUT2D eigenvalue weighted by Gasteiger charge is -2.34. The Morgan fingerprint density at radius 1 is 1.44 bits per heavy atom. The Kier molecular flexibility index (Phi) is 4.68. The van der Waals surface area contributed by atoms with Crippen LogP contribution in [0.15, 0.2) is 6.20 Å². The van der Waals surface area contributed by atoms with E-state index in [2.05, 4.69) is 15.7 Å². The number of nitrogens with one attached hydrogen (secondary N) is 1. The van der Waals surface area contributed by atoms with E-state index in [0.717, 1.165) is 5.69 Å². The van der Waals surface area contributed by atoms with Gasteiger partial charge in [0.15, 0.2) is 0 Å². The number of hydrogen-bond acceptors (Lipinski definition) is 5. The molecule has 1 saturated carbocycles. The van der Waals surface area contributed by atoms with Crippen molar-refractivity contribution in [2.45, 2.75) is 44.2 Å². The lowest BCUT2D eigenvalue weighted by atomic mass is 9.82. The molecule has 1 aromatic heterocycles. The molecule has 1 fully saturated rings. The van der Waals surface area contributed by atoms with Gasteiger partial charge in [0.1, 0.15) is 0 Å². The van der Waals surface area contributed by atoms with Crippen LogP contribution in [0.5, 0.6) is 0 Å². The third kappa shape index (κ3) is 2.71. The lowest BCUT2D eigenvalue weighted by Crippen LogP contribution is -2.43. The third-order valence-electron chi connectivity index (χ3n) is 3.96. The van der Waals surface area contributed by atoms with Crippen LogP contribution in [-0.2, 0) is 11.8 Å². The third-order valence-corrected chi connectivity index (χ3v) is 3.96. The topological polar surface area (TPSA) is 78.0 Å². The fourth-order valence-corrected chi connectivity index (χ4v) is 2.99. The zero-order valence-electron chi connectivity index (χ0n) is 11.2. The molecule has 1 heterocycles. The first-order chi connectivity index (χ1) is 8.77. The van der Waals surface area contributed by atoms with Crippen LogP contribution >= 0.6 is 0 Å². The fourth-order valence-electron chi connectivity index (χ4n) is 2.99. The number of aromatic nitrogens is 3. The highest BCUT2D eigenvalue weighted by Crippen LogP contribution is 2.33. The van der Waals surface area contributed by atoms with Gasteiger partial charge in [0.25, 0.3) is 0 Å². The number of aryl methyl sites for hydroxylation is 1. The zero-order valence-corrected chi connectivity index (χ0v) is 11.2. The van der Waals surface area contributed by atoms with Crippen LogP contribution in [0.4, 0.5) is 0 Å². The Balaban J connectivity index is 2.15. The minimum absolute atomic E-state index is 0.0573. The molecular weight excluding hydrogens is 230 g/mol. The molecule has 0 radical (unpaired) electrons. The van der Waals surface area contributed by atoms with E-state index in [1.807, 2.05) is 7.05 Å². The fraction of sp³-hybridized carbons (Fsp3) is 0.833. The maximum Gasteiger partial charge on any atom is 0.0909 e. The summed E-state index contributed by atoms with van der Waals surface area (Å²) in [6.07, 6.45) is 8.15. The van der Waals surface area contributed by atoms with Crippen LogP contribution in [0.25, 0.3) is 0 Å². The molecule has 1 aliphatic carbocycles. The first-order valence-electron chi connectivity index (χ1n) is 6.61. The second-order valence-electron chi connectivity index (χ2n) is 5.03. The first-order valence-corrected chi connectivity index (χ1v) is 6.61. The number of rotatable bonds is 5. The number of hydrogen-bond donors (Lipinski definition) is 2. The van der Waals surface area contributed by atoms with Gasteiger partial charge in [-0.1, -0.05) is 24.5 Å². The second kappa shape index (κ2) is 6.26. The molecule has 0 aliphatic heterocycles. The van der Waals surface area contributed by atoms with Crippen molar-refractivity contribution in [2.24, 2.45) is 18.8 Å². The highest BCUT2D eigenvalue weighted by atomic mass is 16.5. The number of nitrogens with two attached hydrogens (primary N) is 1. The number of nitrogens with zero attached hydrogens (tertiary/aromatic N) is 3.